The van der Waals surface area contributed by atoms with Crippen molar-refractivity contribution in [3.8, 4) is 0 Å². The molecule has 0 saturated carbocycles. The van der Waals surface area contributed by atoms with Crippen LogP contribution in [0.4, 0.5) is 5.82 Å². The number of Topliss-reactive ketones (excluding diaryl/α,β-unsaturated/α-hetero) is 1. The summed E-state index contributed by atoms with van der Waals surface area (Å²) in [5.74, 6) is -0.778. The number of rotatable bonds is 23. The Morgan fingerprint density at radius 3 is 2.15 bits per heavy atom. The van der Waals surface area contributed by atoms with Gasteiger partial charge in [-0.2, -0.15) is 0 Å². The van der Waals surface area contributed by atoms with Gasteiger partial charge in [-0.25, -0.2) is 9.78 Å². The lowest BCUT2D eigenvalue weighted by Crippen LogP contribution is -2.38. The summed E-state index contributed by atoms with van der Waals surface area (Å²) in [7, 11) is 0. The minimum absolute atomic E-state index is 0.00978. The smallest absolute Gasteiger partial charge is 0.346 e. The van der Waals surface area contributed by atoms with E-state index in [1.54, 1.807) is 0 Å². The highest BCUT2D eigenvalue weighted by Crippen LogP contribution is 2.20. The van der Waals surface area contributed by atoms with E-state index in [1.165, 1.54) is 64.0 Å². The van der Waals surface area contributed by atoms with Crippen molar-refractivity contribution in [3.63, 3.8) is 0 Å². The lowest BCUT2D eigenvalue weighted by Gasteiger charge is -2.20. The highest BCUT2D eigenvalue weighted by atomic mass is 16.5. The van der Waals surface area contributed by atoms with Crippen LogP contribution in [-0.4, -0.2) is 34.4 Å². The van der Waals surface area contributed by atoms with Gasteiger partial charge in [-0.05, 0) is 38.0 Å². The molecule has 39 heavy (non-hydrogen) atoms. The molecule has 0 spiro atoms. The summed E-state index contributed by atoms with van der Waals surface area (Å²) in [5, 5.41) is 0. The molecular formula is C31H54N4O4. The van der Waals surface area contributed by atoms with Crippen LogP contribution in [0, 0.1) is 11.8 Å². The third kappa shape index (κ3) is 15.6. The number of nitrogens with two attached hydrogens (primary N) is 2. The second-order valence-electron chi connectivity index (χ2n) is 10.9. The molecule has 0 aromatic carbocycles. The van der Waals surface area contributed by atoms with Crippen LogP contribution in [0.3, 0.4) is 0 Å². The van der Waals surface area contributed by atoms with Crippen molar-refractivity contribution in [1.82, 2.24) is 9.97 Å². The maximum atomic E-state index is 12.9. The van der Waals surface area contributed by atoms with E-state index < -0.39 is 17.7 Å². The van der Waals surface area contributed by atoms with Crippen LogP contribution in [-0.2, 0) is 9.53 Å². The molecule has 1 unspecified atom stereocenters. The number of hydrogen-bond acceptors (Lipinski definition) is 7. The lowest BCUT2D eigenvalue weighted by molar-refractivity contribution is -0.148. The molecule has 0 aliphatic heterocycles. The largest absolute Gasteiger partial charge is 0.464 e. The molecule has 1 aromatic rings. The zero-order valence-electron chi connectivity index (χ0n) is 24.7. The quantitative estimate of drug-likeness (QED) is 0.0616. The minimum Gasteiger partial charge on any atom is -0.464 e. The molecule has 1 heterocycles. The topological polar surface area (TPSA) is 141 Å². The van der Waals surface area contributed by atoms with Gasteiger partial charge in [-0.1, -0.05) is 97.1 Å². The molecule has 0 amide bonds. The van der Waals surface area contributed by atoms with E-state index in [1.807, 2.05) is 13.8 Å². The number of carbonyl (C=O) groups is 2. The predicted molar refractivity (Wildman–Crippen MR) is 160 cm³/mol. The van der Waals surface area contributed by atoms with Crippen LogP contribution in [0.25, 0.3) is 0 Å². The fourth-order valence-corrected chi connectivity index (χ4v) is 4.53. The van der Waals surface area contributed by atoms with Gasteiger partial charge in [0.15, 0.2) is 5.78 Å². The molecule has 0 fully saturated rings. The summed E-state index contributed by atoms with van der Waals surface area (Å²) in [6, 6.07) is -0.676. The molecule has 1 aromatic heterocycles. The van der Waals surface area contributed by atoms with Crippen molar-refractivity contribution < 1.29 is 14.3 Å². The highest BCUT2D eigenvalue weighted by Gasteiger charge is 2.24. The minimum atomic E-state index is -0.676. The molecule has 0 aliphatic carbocycles. The number of hydrogen-bond donors (Lipinski definition) is 3. The summed E-state index contributed by atoms with van der Waals surface area (Å²) >= 11 is 0. The maximum Gasteiger partial charge on any atom is 0.346 e. The number of H-pyrrole nitrogens is 1. The molecule has 0 radical (unpaired) electrons. The number of aromatic nitrogens is 2. The first kappa shape index (κ1) is 34.5. The standard InChI is InChI=1S/C31H54N4O4/c1-4-6-7-8-9-10-11-12-13-14-15-16-17-18-19-20-25(23-39-30(37)28(32)24(3)5-2)21-27(36)26-22-34-31(38)35-29(26)33/h12-13,22,24-25,28H,4-11,14-21,23,32H2,1-3H3,(H3,33,34,35,38)/t24-,25?,28-/m0/s1. The zero-order valence-corrected chi connectivity index (χ0v) is 24.7. The number of nitrogens with one attached hydrogen (secondary N) is 1. The van der Waals surface area contributed by atoms with Gasteiger partial charge in [-0.3, -0.25) is 14.6 Å². The van der Waals surface area contributed by atoms with Crippen LogP contribution < -0.4 is 17.2 Å². The monoisotopic (exact) mass is 546 g/mol. The van der Waals surface area contributed by atoms with Gasteiger partial charge in [-0.15, -0.1) is 0 Å². The number of nitrogen functional groups attached to an aromatic ring is 1. The Kier molecular flexibility index (Phi) is 18.9. The number of carbonyl (C=O) groups excluding carboxylic acids is 2. The fraction of sp³-hybridized carbons (Fsp3) is 0.742. The Balaban J connectivity index is 2.41. The van der Waals surface area contributed by atoms with Gasteiger partial charge in [0.2, 0.25) is 0 Å². The van der Waals surface area contributed by atoms with E-state index in [2.05, 4.69) is 29.0 Å². The number of aromatic amines is 1. The SMILES string of the molecule is CCCCCCCCC=CCCCCCCCC(COC(=O)[C@@H](N)[C@@H](C)CC)CC(=O)c1cnc(=O)[nH]c1N. The molecule has 0 saturated heterocycles. The van der Waals surface area contributed by atoms with Crippen LogP contribution in [0.2, 0.25) is 0 Å². The van der Waals surface area contributed by atoms with Crippen molar-refractivity contribution in [1.29, 1.82) is 0 Å². The number of anilines is 1. The summed E-state index contributed by atoms with van der Waals surface area (Å²) in [6.45, 7) is 6.29. The molecule has 5 N–H and O–H groups in total. The van der Waals surface area contributed by atoms with Crippen LogP contribution in [0.1, 0.15) is 134 Å². The number of ketones is 1. The van der Waals surface area contributed by atoms with E-state index in [0.29, 0.717) is 0 Å². The Bertz CT molecular complexity index is 899. The van der Waals surface area contributed by atoms with Gasteiger partial charge in [0.05, 0.1) is 12.2 Å². The third-order valence-electron chi connectivity index (χ3n) is 7.48. The summed E-state index contributed by atoms with van der Waals surface area (Å²) in [6.07, 6.45) is 23.5. The van der Waals surface area contributed by atoms with E-state index in [0.717, 1.165) is 38.5 Å². The van der Waals surface area contributed by atoms with Gasteiger partial charge in [0.1, 0.15) is 11.9 Å². The second-order valence-corrected chi connectivity index (χ2v) is 10.9. The summed E-state index contributed by atoms with van der Waals surface area (Å²) in [5.41, 5.74) is 11.4. The zero-order chi connectivity index (χ0) is 28.9. The number of allylic oxidation sites excluding steroid dienone is 2. The van der Waals surface area contributed by atoms with Gasteiger partial charge in [0, 0.05) is 18.5 Å². The molecule has 1 rings (SSSR count). The first-order valence-electron chi connectivity index (χ1n) is 15.2. The third-order valence-corrected chi connectivity index (χ3v) is 7.48. The van der Waals surface area contributed by atoms with Gasteiger partial charge < -0.3 is 16.2 Å². The Labute approximate surface area is 235 Å². The van der Waals surface area contributed by atoms with Gasteiger partial charge in [0.25, 0.3) is 0 Å². The average molecular weight is 547 g/mol. The van der Waals surface area contributed by atoms with E-state index in [9.17, 15) is 14.4 Å². The van der Waals surface area contributed by atoms with E-state index in [-0.39, 0.29) is 42.0 Å². The Morgan fingerprint density at radius 1 is 0.974 bits per heavy atom. The molecule has 8 heteroatoms. The number of esters is 1. The molecule has 0 aliphatic rings. The van der Waals surface area contributed by atoms with Crippen molar-refractivity contribution in [2.24, 2.45) is 17.6 Å². The fourth-order valence-electron chi connectivity index (χ4n) is 4.53. The number of unbranched alkanes of at least 4 members (excludes halogenated alkanes) is 11. The second kappa shape index (κ2) is 21.4. The lowest BCUT2D eigenvalue weighted by atomic mass is 9.93. The van der Waals surface area contributed by atoms with Crippen molar-refractivity contribution >= 4 is 17.6 Å². The first-order chi connectivity index (χ1) is 18.8. The van der Waals surface area contributed by atoms with E-state index in [4.69, 9.17) is 16.2 Å². The summed E-state index contributed by atoms with van der Waals surface area (Å²) in [4.78, 5) is 42.6. The molecule has 222 valence electrons. The number of nitrogens with zero attached hydrogens (tertiary/aromatic N) is 1. The Hall–Kier alpha value is -2.48. The van der Waals surface area contributed by atoms with Gasteiger partial charge >= 0.3 is 11.7 Å². The average Bonchev–Trinajstić information content (AvgIpc) is 2.92. The summed E-state index contributed by atoms with van der Waals surface area (Å²) < 4.78 is 5.52. The van der Waals surface area contributed by atoms with Crippen molar-refractivity contribution in [3.05, 3.63) is 34.4 Å². The van der Waals surface area contributed by atoms with E-state index >= 15 is 0 Å². The van der Waals surface area contributed by atoms with Crippen molar-refractivity contribution in [2.75, 3.05) is 12.3 Å². The van der Waals surface area contributed by atoms with Crippen LogP contribution in [0.5, 0.6) is 0 Å². The maximum absolute atomic E-state index is 12.9. The predicted octanol–water partition coefficient (Wildman–Crippen LogP) is 6.50. The molecule has 8 nitrogen and oxygen atoms in total. The molecule has 0 bridgehead atoms. The van der Waals surface area contributed by atoms with Crippen LogP contribution >= 0.6 is 0 Å². The highest BCUT2D eigenvalue weighted by molar-refractivity contribution is 5.99. The normalized spacial score (nSPS) is 13.8. The van der Waals surface area contributed by atoms with Crippen LogP contribution in [0.15, 0.2) is 23.1 Å². The number of ether oxygens (including phenoxy) is 1. The molecule has 3 atom stereocenters. The first-order valence-corrected chi connectivity index (χ1v) is 15.2. The van der Waals surface area contributed by atoms with Crippen molar-refractivity contribution in [2.45, 2.75) is 130 Å². The molecular weight excluding hydrogens is 492 g/mol. The Morgan fingerprint density at radius 2 is 1.56 bits per heavy atom.